The van der Waals surface area contributed by atoms with Crippen LogP contribution in [0, 0.1) is 27.7 Å². The number of ketones is 1. The van der Waals surface area contributed by atoms with Crippen LogP contribution in [0.3, 0.4) is 0 Å². The maximum Gasteiger partial charge on any atom is 0.306 e. The first-order valence-corrected chi connectivity index (χ1v) is 10.2. The van der Waals surface area contributed by atoms with Gasteiger partial charge in [-0.1, -0.05) is 0 Å². The normalized spacial score (nSPS) is 9.61. The average Bonchev–Trinajstić information content (AvgIpc) is 3.22. The molecule has 0 aliphatic carbocycles. The van der Waals surface area contributed by atoms with Gasteiger partial charge < -0.3 is 19.8 Å². The molecule has 0 atom stereocenters. The van der Waals surface area contributed by atoms with E-state index < -0.39 is 11.2 Å². The first kappa shape index (κ1) is 28.1. The van der Waals surface area contributed by atoms with Gasteiger partial charge >= 0.3 is 11.9 Å². The van der Waals surface area contributed by atoms with Crippen molar-refractivity contribution in [1.29, 1.82) is 0 Å². The van der Waals surface area contributed by atoms with Crippen LogP contribution < -0.4 is 0 Å². The molecule has 8 nitrogen and oxygen atoms in total. The van der Waals surface area contributed by atoms with E-state index in [-0.39, 0.29) is 37.4 Å². The van der Waals surface area contributed by atoms with Gasteiger partial charge in [-0.2, -0.15) is 0 Å². The molecule has 31 heavy (non-hydrogen) atoms. The van der Waals surface area contributed by atoms with E-state index in [1.54, 1.807) is 6.92 Å². The Morgan fingerprint density at radius 3 is 1.97 bits per heavy atom. The molecule has 9 heteroatoms. The molecule has 2 rings (SSSR count). The van der Waals surface area contributed by atoms with Crippen molar-refractivity contribution in [3.63, 3.8) is 0 Å². The van der Waals surface area contributed by atoms with Crippen LogP contribution in [0.25, 0.3) is 0 Å². The molecule has 0 radical (unpaired) electrons. The van der Waals surface area contributed by atoms with Crippen molar-refractivity contribution in [3.05, 3.63) is 46.5 Å². The first-order chi connectivity index (χ1) is 14.5. The van der Waals surface area contributed by atoms with E-state index in [0.29, 0.717) is 12.3 Å². The Labute approximate surface area is 187 Å². The number of hydrogen-bond acceptors (Lipinski definition) is 5. The molecule has 0 aromatic carbocycles. The number of aromatic nitrogens is 2. The highest BCUT2D eigenvalue weighted by Crippen LogP contribution is 2.12. The summed E-state index contributed by atoms with van der Waals surface area (Å²) in [6.45, 7) is 9.87. The number of aromatic amines is 2. The number of rotatable bonds is 8. The number of hydrogen-bond donors (Lipinski definition) is 3. The van der Waals surface area contributed by atoms with Gasteiger partial charge in [0.1, 0.15) is 0 Å². The minimum absolute atomic E-state index is 0.0517. The number of carbonyl (C=O) groups is 4. The van der Waals surface area contributed by atoms with Crippen LogP contribution in [-0.2, 0) is 19.1 Å². The molecule has 3 N–H and O–H groups in total. The molecule has 0 amide bonds. The number of H-pyrrole nitrogens is 2. The summed E-state index contributed by atoms with van der Waals surface area (Å²) in [6, 6.07) is 3.98. The SMILES string of the molecule is CCOC(=O)CCC(=O)Cl.Cc1c[nH]c(C)c1.Cc1cc(C)c(C(=O)CCC(=O)O)[nH]1. The third-order valence-corrected chi connectivity index (χ3v) is 3.99. The summed E-state index contributed by atoms with van der Waals surface area (Å²) in [7, 11) is 0. The molecule has 0 aliphatic heterocycles. The minimum atomic E-state index is -0.945. The van der Waals surface area contributed by atoms with Gasteiger partial charge in [-0.05, 0) is 69.5 Å². The summed E-state index contributed by atoms with van der Waals surface area (Å²) in [4.78, 5) is 48.4. The van der Waals surface area contributed by atoms with E-state index in [2.05, 4.69) is 27.7 Å². The van der Waals surface area contributed by atoms with Crippen LogP contribution in [-0.4, -0.2) is 44.6 Å². The van der Waals surface area contributed by atoms with Crippen molar-refractivity contribution < 1.29 is 29.0 Å². The fourth-order valence-corrected chi connectivity index (χ4v) is 2.54. The molecule has 0 saturated carbocycles. The summed E-state index contributed by atoms with van der Waals surface area (Å²) < 4.78 is 4.54. The van der Waals surface area contributed by atoms with E-state index in [1.165, 1.54) is 11.3 Å². The van der Waals surface area contributed by atoms with Crippen LogP contribution in [0.4, 0.5) is 0 Å². The summed E-state index contributed by atoms with van der Waals surface area (Å²) in [5.41, 5.74) is 4.86. The van der Waals surface area contributed by atoms with Gasteiger partial charge in [0.05, 0.1) is 25.1 Å². The van der Waals surface area contributed by atoms with Gasteiger partial charge in [0, 0.05) is 30.4 Å². The second-order valence-electron chi connectivity index (χ2n) is 6.85. The van der Waals surface area contributed by atoms with E-state index in [9.17, 15) is 19.2 Å². The molecule has 0 saturated heterocycles. The summed E-state index contributed by atoms with van der Waals surface area (Å²) in [5.74, 6) is -1.46. The molecule has 172 valence electrons. The van der Waals surface area contributed by atoms with Gasteiger partial charge in [-0.15, -0.1) is 0 Å². The predicted octanol–water partition coefficient (Wildman–Crippen LogP) is 4.41. The molecule has 0 bridgehead atoms. The number of carboxylic acid groups (broad SMARTS) is 1. The molecule has 0 spiro atoms. The smallest absolute Gasteiger partial charge is 0.306 e. The lowest BCUT2D eigenvalue weighted by atomic mass is 10.1. The number of carbonyl (C=O) groups excluding carboxylic acids is 3. The first-order valence-electron chi connectivity index (χ1n) is 9.83. The number of esters is 1. The lowest BCUT2D eigenvalue weighted by molar-refractivity contribution is -0.144. The lowest BCUT2D eigenvalue weighted by Crippen LogP contribution is -2.05. The van der Waals surface area contributed by atoms with Crippen molar-refractivity contribution >= 4 is 34.6 Å². The fraction of sp³-hybridized carbons (Fsp3) is 0.455. The Kier molecular flexibility index (Phi) is 13.6. The zero-order chi connectivity index (χ0) is 24.0. The third kappa shape index (κ3) is 13.9. The molecule has 0 aliphatic rings. The molecule has 0 fully saturated rings. The van der Waals surface area contributed by atoms with Crippen molar-refractivity contribution in [2.24, 2.45) is 0 Å². The van der Waals surface area contributed by atoms with Crippen molar-refractivity contribution in [2.45, 2.75) is 60.3 Å². The van der Waals surface area contributed by atoms with Crippen LogP contribution in [0.15, 0.2) is 18.3 Å². The molecule has 2 aromatic rings. The Morgan fingerprint density at radius 1 is 0.968 bits per heavy atom. The quantitative estimate of drug-likeness (QED) is 0.308. The topological polar surface area (TPSA) is 129 Å². The highest BCUT2D eigenvalue weighted by molar-refractivity contribution is 6.63. The van der Waals surface area contributed by atoms with Gasteiger partial charge in [0.25, 0.3) is 0 Å². The zero-order valence-electron chi connectivity index (χ0n) is 18.6. The summed E-state index contributed by atoms with van der Waals surface area (Å²) in [5, 5.41) is 7.91. The van der Waals surface area contributed by atoms with Crippen LogP contribution in [0.5, 0.6) is 0 Å². The van der Waals surface area contributed by atoms with E-state index in [1.807, 2.05) is 33.0 Å². The summed E-state index contributed by atoms with van der Waals surface area (Å²) in [6.07, 6.45) is 2.07. The Bertz CT molecular complexity index is 853. The van der Waals surface area contributed by atoms with Crippen molar-refractivity contribution in [1.82, 2.24) is 9.97 Å². The second-order valence-corrected chi connectivity index (χ2v) is 7.27. The van der Waals surface area contributed by atoms with Crippen LogP contribution in [0.1, 0.15) is 65.6 Å². The zero-order valence-corrected chi connectivity index (χ0v) is 19.4. The predicted molar refractivity (Wildman–Crippen MR) is 118 cm³/mol. The number of carboxylic acids is 1. The van der Waals surface area contributed by atoms with E-state index in [4.69, 9.17) is 16.7 Å². The monoisotopic (exact) mass is 454 g/mol. The van der Waals surface area contributed by atoms with Crippen molar-refractivity contribution in [3.8, 4) is 0 Å². The highest BCUT2D eigenvalue weighted by atomic mass is 35.5. The van der Waals surface area contributed by atoms with Gasteiger partial charge in [-0.25, -0.2) is 0 Å². The van der Waals surface area contributed by atoms with E-state index >= 15 is 0 Å². The molecule has 2 aromatic heterocycles. The van der Waals surface area contributed by atoms with Crippen LogP contribution in [0.2, 0.25) is 0 Å². The number of aliphatic carboxylic acids is 1. The maximum atomic E-state index is 11.5. The lowest BCUT2D eigenvalue weighted by Gasteiger charge is -1.97. The third-order valence-electron chi connectivity index (χ3n) is 3.80. The van der Waals surface area contributed by atoms with Gasteiger partial charge in [0.15, 0.2) is 5.78 Å². The Morgan fingerprint density at radius 2 is 1.61 bits per heavy atom. The number of nitrogens with one attached hydrogen (secondary N) is 2. The molecular weight excluding hydrogens is 424 g/mol. The number of Topliss-reactive ketones (excluding diaryl/α,β-unsaturated/α-hetero) is 1. The minimum Gasteiger partial charge on any atom is -0.481 e. The molecule has 2 heterocycles. The number of halogens is 1. The average molecular weight is 455 g/mol. The van der Waals surface area contributed by atoms with Crippen LogP contribution >= 0.6 is 11.6 Å². The maximum absolute atomic E-state index is 11.5. The van der Waals surface area contributed by atoms with E-state index in [0.717, 1.165) is 11.3 Å². The van der Waals surface area contributed by atoms with Gasteiger partial charge in [-0.3, -0.25) is 19.2 Å². The Balaban J connectivity index is 0.000000463. The largest absolute Gasteiger partial charge is 0.481 e. The Hall–Kier alpha value is -2.87. The standard InChI is InChI=1S/C10H13NO3.C6H9ClO3.C6H9N/c1-6-5-7(2)11-10(6)8(12)3-4-9(13)14;1-2-10-6(9)4-3-5(7)8;1-5-3-6(2)7-4-5/h5,11H,3-4H2,1-2H3,(H,13,14);2-4H2,1H3;3-4,7H,1-2H3. The van der Waals surface area contributed by atoms with Crippen molar-refractivity contribution in [2.75, 3.05) is 6.61 Å². The fourth-order valence-electron chi connectivity index (χ4n) is 2.45. The number of ether oxygens (including phenoxy) is 1. The molecular formula is C22H31ClN2O6. The van der Waals surface area contributed by atoms with Gasteiger partial charge in [0.2, 0.25) is 5.24 Å². The number of aryl methyl sites for hydroxylation is 4. The second kappa shape index (κ2) is 15.0. The highest BCUT2D eigenvalue weighted by Gasteiger charge is 2.12. The summed E-state index contributed by atoms with van der Waals surface area (Å²) >= 11 is 4.98. The molecule has 0 unspecified atom stereocenters.